The maximum atomic E-state index is 15.2. The fourth-order valence-corrected chi connectivity index (χ4v) is 6.01. The molecule has 0 spiro atoms. The molecule has 52 heavy (non-hydrogen) atoms. The normalized spacial score (nSPS) is 13.2. The summed E-state index contributed by atoms with van der Waals surface area (Å²) in [5.74, 6) is -12.2. The number of allylic oxidation sites excluding steroid dienone is 2. The number of hydrogen-bond donors (Lipinski definition) is 0. The minimum absolute atomic E-state index is 0.274. The van der Waals surface area contributed by atoms with Crippen LogP contribution < -0.4 is 19.9 Å². The second-order valence-corrected chi connectivity index (χ2v) is 10.5. The van der Waals surface area contributed by atoms with Crippen LogP contribution in [0, 0.1) is 77.0 Å². The highest BCUT2D eigenvalue weighted by atomic mass is 19.4. The molecule has 0 saturated carbocycles. The lowest BCUT2D eigenvalue weighted by atomic mass is 9.86. The van der Waals surface area contributed by atoms with Gasteiger partial charge in [-0.3, -0.25) is 0 Å². The summed E-state index contributed by atoms with van der Waals surface area (Å²) >= 11 is 0. The van der Waals surface area contributed by atoms with Gasteiger partial charge >= 0.3 is 18.5 Å². The Kier molecular flexibility index (Phi) is 8.92. The molecule has 2 aliphatic rings. The van der Waals surface area contributed by atoms with E-state index in [1.54, 1.807) is 18.2 Å². The Morgan fingerprint density at radius 2 is 1.06 bits per heavy atom. The molecule has 0 atom stereocenters. The molecule has 3 aromatic rings. The summed E-state index contributed by atoms with van der Waals surface area (Å²) in [5, 5.41) is 28.9. The van der Waals surface area contributed by atoms with E-state index in [1.165, 1.54) is 0 Å². The second kappa shape index (κ2) is 12.9. The summed E-state index contributed by atoms with van der Waals surface area (Å²) in [6, 6.07) is 6.28. The van der Waals surface area contributed by atoms with E-state index in [1.807, 2.05) is 0 Å². The van der Waals surface area contributed by atoms with E-state index in [0.29, 0.717) is 24.3 Å². The Labute approximate surface area is 283 Å². The van der Waals surface area contributed by atoms with Crippen molar-refractivity contribution in [3.63, 3.8) is 0 Å². The number of fused-ring (bicyclic) bond motifs is 2. The van der Waals surface area contributed by atoms with Gasteiger partial charge in [0, 0.05) is 17.2 Å². The molecule has 0 aromatic heterocycles. The highest BCUT2D eigenvalue weighted by Crippen LogP contribution is 2.42. The molecule has 3 aromatic carbocycles. The van der Waals surface area contributed by atoms with Gasteiger partial charge in [0.2, 0.25) is 11.5 Å². The standard InChI is InChI=1S/C34H8F10N6O2/c1-48-29-19(32(49-2)50-3)9-18-25(13-4-21(35)30(22(36)5-13)51-33(39,40)41)27-17(8-16(20(27)12-47)15(10-45)11-46)26(28(18)29)14-6-23(37)31(24(38)7-14)52-34(42,43)44/h4-7H,8-9H2. The van der Waals surface area contributed by atoms with Crippen molar-refractivity contribution in [2.24, 2.45) is 0 Å². The summed E-state index contributed by atoms with van der Waals surface area (Å²) in [7, 11) is 0. The summed E-state index contributed by atoms with van der Waals surface area (Å²) in [5.41, 5.74) is -5.11. The first-order chi connectivity index (χ1) is 24.4. The Balaban J connectivity index is 2.10. The number of rotatable bonds is 4. The Morgan fingerprint density at radius 3 is 1.42 bits per heavy atom. The van der Waals surface area contributed by atoms with E-state index in [-0.39, 0.29) is 22.3 Å². The number of nitriles is 3. The van der Waals surface area contributed by atoms with Gasteiger partial charge in [0.15, 0.2) is 29.0 Å². The van der Waals surface area contributed by atoms with Gasteiger partial charge in [0.25, 0.3) is 0 Å². The molecule has 18 heteroatoms. The molecule has 5 rings (SSSR count). The molecule has 0 bridgehead atoms. The van der Waals surface area contributed by atoms with Crippen molar-refractivity contribution < 1.29 is 53.4 Å². The minimum Gasteiger partial charge on any atom is -0.399 e. The number of benzene rings is 3. The molecule has 0 saturated heterocycles. The molecular weight excluding hydrogens is 714 g/mol. The maximum absolute atomic E-state index is 15.2. The molecule has 0 N–H and O–H groups in total. The zero-order chi connectivity index (χ0) is 38.4. The van der Waals surface area contributed by atoms with E-state index in [2.05, 4.69) is 24.0 Å². The molecule has 256 valence electrons. The van der Waals surface area contributed by atoms with Crippen molar-refractivity contribution >= 4 is 11.3 Å². The lowest BCUT2D eigenvalue weighted by Crippen LogP contribution is -2.25. The average Bonchev–Trinajstić information content (AvgIpc) is 3.62. The van der Waals surface area contributed by atoms with Crippen molar-refractivity contribution in [1.29, 1.82) is 15.8 Å². The monoisotopic (exact) mass is 722 g/mol. The maximum Gasteiger partial charge on any atom is 0.573 e. The zero-order valence-corrected chi connectivity index (χ0v) is 25.0. The third-order valence-corrected chi connectivity index (χ3v) is 7.73. The molecular formula is C34H8F10N6O2. The fraction of sp³-hybridized carbons (Fsp3) is 0.118. The van der Waals surface area contributed by atoms with Crippen LogP contribution in [0.2, 0.25) is 0 Å². The third-order valence-electron chi connectivity index (χ3n) is 7.73. The van der Waals surface area contributed by atoms with Gasteiger partial charge in [-0.25, -0.2) is 22.4 Å². The van der Waals surface area contributed by atoms with Gasteiger partial charge in [0.1, 0.15) is 36.9 Å². The Hall–Kier alpha value is -7.28. The lowest BCUT2D eigenvalue weighted by molar-refractivity contribution is -0.277. The minimum atomic E-state index is -5.56. The average molecular weight is 722 g/mol. The van der Waals surface area contributed by atoms with E-state index in [4.69, 9.17) is 19.7 Å². The van der Waals surface area contributed by atoms with Crippen molar-refractivity contribution in [3.8, 4) is 52.0 Å². The highest BCUT2D eigenvalue weighted by Gasteiger charge is 2.39. The number of halogens is 10. The van der Waals surface area contributed by atoms with Crippen LogP contribution in [0.3, 0.4) is 0 Å². The molecule has 0 unspecified atom stereocenters. The smallest absolute Gasteiger partial charge is 0.399 e. The number of alkyl halides is 6. The predicted octanol–water partition coefficient (Wildman–Crippen LogP) is 7.58. The number of ether oxygens (including phenoxy) is 2. The first kappa shape index (κ1) is 36.0. The van der Waals surface area contributed by atoms with Crippen LogP contribution >= 0.6 is 0 Å². The summed E-state index contributed by atoms with van der Waals surface area (Å²) in [6.07, 6.45) is -12.4. The van der Waals surface area contributed by atoms with Gasteiger partial charge < -0.3 is 9.47 Å². The van der Waals surface area contributed by atoms with E-state index >= 15 is 17.6 Å². The number of hydrogen-bond acceptors (Lipinski definition) is 5. The van der Waals surface area contributed by atoms with Crippen molar-refractivity contribution in [3.05, 3.63) is 126 Å². The van der Waals surface area contributed by atoms with Crippen molar-refractivity contribution in [2.45, 2.75) is 25.6 Å². The van der Waals surface area contributed by atoms with Gasteiger partial charge in [-0.2, -0.15) is 25.5 Å². The molecule has 8 nitrogen and oxygen atoms in total. The zero-order valence-electron chi connectivity index (χ0n) is 25.0. The van der Waals surface area contributed by atoms with Crippen LogP contribution in [0.5, 0.6) is 11.5 Å². The van der Waals surface area contributed by atoms with E-state index in [9.17, 15) is 42.1 Å². The molecule has 0 radical (unpaired) electrons. The van der Waals surface area contributed by atoms with Crippen LogP contribution in [0.4, 0.5) is 43.9 Å². The van der Waals surface area contributed by atoms with Gasteiger partial charge in [0.05, 0.1) is 17.7 Å². The Morgan fingerprint density at radius 1 is 0.654 bits per heavy atom. The first-order valence-corrected chi connectivity index (χ1v) is 13.7. The second-order valence-electron chi connectivity index (χ2n) is 10.5. The molecule has 0 heterocycles. The van der Waals surface area contributed by atoms with Gasteiger partial charge in [-0.1, -0.05) is 0 Å². The molecule has 2 aliphatic carbocycles. The third kappa shape index (κ3) is 6.07. The topological polar surface area (TPSA) is 103 Å². The molecule has 0 aliphatic heterocycles. The summed E-state index contributed by atoms with van der Waals surface area (Å²) in [4.78, 5) is 9.54. The fourth-order valence-electron chi connectivity index (χ4n) is 6.01. The van der Waals surface area contributed by atoms with E-state index < -0.39 is 116 Å². The van der Waals surface area contributed by atoms with Gasteiger partial charge in [-0.05, 0) is 69.3 Å². The highest BCUT2D eigenvalue weighted by molar-refractivity contribution is 5.95. The van der Waals surface area contributed by atoms with Crippen molar-refractivity contribution in [1.82, 2.24) is 0 Å². The Bertz CT molecular complexity index is 2350. The largest absolute Gasteiger partial charge is 0.573 e. The van der Waals surface area contributed by atoms with Gasteiger partial charge in [-0.15, -0.1) is 26.3 Å². The van der Waals surface area contributed by atoms with Crippen LogP contribution in [0.25, 0.3) is 48.1 Å². The predicted molar refractivity (Wildman–Crippen MR) is 155 cm³/mol. The summed E-state index contributed by atoms with van der Waals surface area (Å²) < 4.78 is 145. The van der Waals surface area contributed by atoms with Crippen LogP contribution in [0.1, 0.15) is 11.1 Å². The van der Waals surface area contributed by atoms with Crippen LogP contribution in [-0.2, 0) is 12.8 Å². The van der Waals surface area contributed by atoms with Crippen molar-refractivity contribution in [2.75, 3.05) is 0 Å². The lowest BCUT2D eigenvalue weighted by Gasteiger charge is -2.18. The quantitative estimate of drug-likeness (QED) is 0.157. The molecule has 0 fully saturated rings. The number of nitrogens with zero attached hydrogens (tertiary/aromatic N) is 6. The van der Waals surface area contributed by atoms with Crippen LogP contribution in [0.15, 0.2) is 46.8 Å². The SMILES string of the molecule is [C-]#[N+]C([N+]#[C-])=C1Cc2c(-c3cc(F)c(OC(F)(F)F)c(F)c3)c3c(c(-c4cc(F)c(OC(F)(F)F)c(F)c4)c2=C1[N+]#[C-])CC(=C(C#N)C#N)C=3C#N. The molecule has 0 amide bonds. The van der Waals surface area contributed by atoms with Crippen LogP contribution in [-0.4, -0.2) is 12.7 Å². The first-order valence-electron chi connectivity index (χ1n) is 13.7. The van der Waals surface area contributed by atoms with E-state index in [0.717, 1.165) is 0 Å². The summed E-state index contributed by atoms with van der Waals surface area (Å²) in [6.45, 7) is 22.9.